The van der Waals surface area contributed by atoms with Crippen molar-refractivity contribution in [3.05, 3.63) is 41.7 Å². The Kier molecular flexibility index (Phi) is 6.48. The fourth-order valence-electron chi connectivity index (χ4n) is 4.02. The zero-order chi connectivity index (χ0) is 22.0. The van der Waals surface area contributed by atoms with E-state index in [-0.39, 0.29) is 5.91 Å². The number of piperazine rings is 1. The summed E-state index contributed by atoms with van der Waals surface area (Å²) in [5, 5.41) is 5.69. The molecule has 1 aromatic carbocycles. The molecule has 0 atom stereocenters. The molecule has 4 rings (SSSR count). The Hall–Kier alpha value is -2.58. The fourth-order valence-corrected chi connectivity index (χ4v) is 4.98. The smallest absolute Gasteiger partial charge is 0.233 e. The molecular formula is C23H29N5O2S. The summed E-state index contributed by atoms with van der Waals surface area (Å²) < 4.78 is 7.43. The number of ether oxygens (including phenoxy) is 1. The molecule has 1 fully saturated rings. The number of benzene rings is 1. The minimum Gasteiger partial charge on any atom is -0.496 e. The molecule has 0 saturated carbocycles. The van der Waals surface area contributed by atoms with Gasteiger partial charge in [-0.2, -0.15) is 5.10 Å². The van der Waals surface area contributed by atoms with Gasteiger partial charge in [-0.25, -0.2) is 9.50 Å². The molecule has 0 unspecified atom stereocenters. The van der Waals surface area contributed by atoms with E-state index < -0.39 is 0 Å². The Bertz CT molecular complexity index is 1090. The summed E-state index contributed by atoms with van der Waals surface area (Å²) in [6.45, 7) is 10.7. The van der Waals surface area contributed by atoms with Crippen LogP contribution in [0.15, 0.2) is 35.4 Å². The number of rotatable bonds is 6. The van der Waals surface area contributed by atoms with Crippen LogP contribution in [0.3, 0.4) is 0 Å². The van der Waals surface area contributed by atoms with Crippen LogP contribution in [0, 0.1) is 13.8 Å². The van der Waals surface area contributed by atoms with E-state index in [0.29, 0.717) is 5.75 Å². The number of aromatic nitrogens is 3. The van der Waals surface area contributed by atoms with Gasteiger partial charge >= 0.3 is 0 Å². The van der Waals surface area contributed by atoms with Gasteiger partial charge in [-0.05, 0) is 32.5 Å². The lowest BCUT2D eigenvalue weighted by atomic mass is 10.1. The number of hydrogen-bond donors (Lipinski definition) is 0. The predicted molar refractivity (Wildman–Crippen MR) is 124 cm³/mol. The number of amides is 1. The Morgan fingerprint density at radius 2 is 1.90 bits per heavy atom. The molecule has 8 heteroatoms. The van der Waals surface area contributed by atoms with Crippen LogP contribution in [-0.4, -0.2) is 75.9 Å². The molecule has 1 aliphatic heterocycles. The molecule has 1 amide bonds. The van der Waals surface area contributed by atoms with Gasteiger partial charge in [0.15, 0.2) is 5.65 Å². The van der Waals surface area contributed by atoms with E-state index in [1.54, 1.807) is 7.11 Å². The van der Waals surface area contributed by atoms with Gasteiger partial charge < -0.3 is 14.5 Å². The second kappa shape index (κ2) is 9.28. The first kappa shape index (κ1) is 21.6. The third-order valence-electron chi connectivity index (χ3n) is 5.75. The molecule has 3 heterocycles. The van der Waals surface area contributed by atoms with E-state index in [9.17, 15) is 4.79 Å². The highest BCUT2D eigenvalue weighted by atomic mass is 32.2. The summed E-state index contributed by atoms with van der Waals surface area (Å²) in [7, 11) is 1.67. The van der Waals surface area contributed by atoms with Crippen LogP contribution in [0.1, 0.15) is 18.3 Å². The van der Waals surface area contributed by atoms with Crippen LogP contribution in [-0.2, 0) is 4.79 Å². The van der Waals surface area contributed by atoms with Gasteiger partial charge in [-0.15, -0.1) is 0 Å². The van der Waals surface area contributed by atoms with Crippen LogP contribution in [0.5, 0.6) is 5.75 Å². The van der Waals surface area contributed by atoms with E-state index in [1.807, 2.05) is 53.6 Å². The average molecular weight is 440 g/mol. The molecule has 0 aliphatic carbocycles. The van der Waals surface area contributed by atoms with Gasteiger partial charge in [0, 0.05) is 37.4 Å². The van der Waals surface area contributed by atoms with Crippen LogP contribution >= 0.6 is 11.8 Å². The van der Waals surface area contributed by atoms with Gasteiger partial charge in [0.2, 0.25) is 5.91 Å². The summed E-state index contributed by atoms with van der Waals surface area (Å²) in [5.74, 6) is 1.37. The van der Waals surface area contributed by atoms with E-state index in [1.165, 1.54) is 11.8 Å². The molecule has 0 N–H and O–H groups in total. The second-order valence-corrected chi connectivity index (χ2v) is 8.73. The molecule has 3 aromatic rings. The zero-order valence-corrected chi connectivity index (χ0v) is 19.4. The van der Waals surface area contributed by atoms with Crippen LogP contribution in [0.4, 0.5) is 0 Å². The Morgan fingerprint density at radius 1 is 1.16 bits per heavy atom. The lowest BCUT2D eigenvalue weighted by Gasteiger charge is -2.34. The summed E-state index contributed by atoms with van der Waals surface area (Å²) in [6, 6.07) is 9.91. The lowest BCUT2D eigenvalue weighted by molar-refractivity contribution is -0.130. The maximum absolute atomic E-state index is 12.8. The molecule has 0 radical (unpaired) electrons. The first-order valence-corrected chi connectivity index (χ1v) is 11.6. The summed E-state index contributed by atoms with van der Waals surface area (Å²) in [6.07, 6.45) is 0. The number of carbonyl (C=O) groups excluding carboxylic acids is 1. The van der Waals surface area contributed by atoms with Gasteiger partial charge in [0.25, 0.3) is 0 Å². The predicted octanol–water partition coefficient (Wildman–Crippen LogP) is 3.28. The molecule has 0 spiro atoms. The highest BCUT2D eigenvalue weighted by Gasteiger charge is 2.22. The van der Waals surface area contributed by atoms with E-state index >= 15 is 0 Å². The van der Waals surface area contributed by atoms with Crippen molar-refractivity contribution in [2.24, 2.45) is 0 Å². The Morgan fingerprint density at radius 3 is 2.61 bits per heavy atom. The molecule has 1 saturated heterocycles. The summed E-state index contributed by atoms with van der Waals surface area (Å²) in [4.78, 5) is 21.9. The zero-order valence-electron chi connectivity index (χ0n) is 18.6. The quantitative estimate of drug-likeness (QED) is 0.434. The van der Waals surface area contributed by atoms with Crippen molar-refractivity contribution in [3.8, 4) is 16.9 Å². The second-order valence-electron chi connectivity index (χ2n) is 7.74. The number of likely N-dealkylation sites (N-methyl/N-ethyl adjacent to an activating group) is 1. The van der Waals surface area contributed by atoms with Crippen LogP contribution < -0.4 is 4.74 Å². The topological polar surface area (TPSA) is 63.0 Å². The molecule has 31 heavy (non-hydrogen) atoms. The molecule has 164 valence electrons. The minimum atomic E-state index is 0.178. The van der Waals surface area contributed by atoms with Crippen LogP contribution in [0.25, 0.3) is 16.8 Å². The number of methoxy groups -OCH3 is 1. The number of aryl methyl sites for hydroxylation is 2. The molecule has 7 nitrogen and oxygen atoms in total. The van der Waals surface area contributed by atoms with Gasteiger partial charge in [0.1, 0.15) is 10.8 Å². The minimum absolute atomic E-state index is 0.178. The Labute approximate surface area is 187 Å². The first-order chi connectivity index (χ1) is 15.0. The van der Waals surface area contributed by atoms with Crippen molar-refractivity contribution < 1.29 is 9.53 Å². The lowest BCUT2D eigenvalue weighted by Crippen LogP contribution is -2.49. The maximum atomic E-state index is 12.8. The standard InChI is InChI=1S/C23H29N5O2S/c1-5-26-10-12-27(13-11-26)20(29)15-31-21-14-16(2)24-23-22(17(3)25-28(21)23)18-8-6-7-9-19(18)30-4/h6-9,14H,5,10-13,15H2,1-4H3. The molecule has 2 aromatic heterocycles. The fraction of sp³-hybridized carbons (Fsp3) is 0.435. The summed E-state index contributed by atoms with van der Waals surface area (Å²) >= 11 is 1.52. The van der Waals surface area contributed by atoms with Crippen molar-refractivity contribution in [1.82, 2.24) is 24.4 Å². The van der Waals surface area contributed by atoms with Crippen LogP contribution in [0.2, 0.25) is 0 Å². The monoisotopic (exact) mass is 439 g/mol. The molecule has 1 aliphatic rings. The maximum Gasteiger partial charge on any atom is 0.233 e. The number of fused-ring (bicyclic) bond motifs is 1. The molecule has 0 bridgehead atoms. The normalized spacial score (nSPS) is 14.9. The van der Waals surface area contributed by atoms with Crippen molar-refractivity contribution in [3.63, 3.8) is 0 Å². The number of thioether (sulfide) groups is 1. The Balaban J connectivity index is 1.60. The third kappa shape index (κ3) is 4.41. The SMILES string of the molecule is CCN1CCN(C(=O)CSc2cc(C)nc3c(-c4ccccc4OC)c(C)nn23)CC1. The van der Waals surface area contributed by atoms with Crippen molar-refractivity contribution in [1.29, 1.82) is 0 Å². The number of hydrogen-bond acceptors (Lipinski definition) is 6. The van der Waals surface area contributed by atoms with E-state index in [4.69, 9.17) is 14.8 Å². The van der Waals surface area contributed by atoms with Gasteiger partial charge in [-0.3, -0.25) is 4.79 Å². The number of para-hydroxylation sites is 1. The number of nitrogens with zero attached hydrogens (tertiary/aromatic N) is 5. The molecular weight excluding hydrogens is 410 g/mol. The van der Waals surface area contributed by atoms with Gasteiger partial charge in [0.05, 0.1) is 24.1 Å². The number of carbonyl (C=O) groups is 1. The first-order valence-electron chi connectivity index (χ1n) is 10.6. The van der Waals surface area contributed by atoms with Gasteiger partial charge in [-0.1, -0.05) is 36.9 Å². The van der Waals surface area contributed by atoms with E-state index in [0.717, 1.165) is 71.7 Å². The average Bonchev–Trinajstić information content (AvgIpc) is 3.12. The highest BCUT2D eigenvalue weighted by molar-refractivity contribution is 7.99. The van der Waals surface area contributed by atoms with Crippen molar-refractivity contribution in [2.45, 2.75) is 25.8 Å². The van der Waals surface area contributed by atoms with Crippen molar-refractivity contribution >= 4 is 23.3 Å². The van der Waals surface area contributed by atoms with Crippen molar-refractivity contribution in [2.75, 3.05) is 45.6 Å². The van der Waals surface area contributed by atoms with E-state index in [2.05, 4.69) is 11.8 Å². The summed E-state index contributed by atoms with van der Waals surface area (Å²) in [5.41, 5.74) is 4.50. The largest absolute Gasteiger partial charge is 0.496 e. The highest BCUT2D eigenvalue weighted by Crippen LogP contribution is 2.35. The third-order valence-corrected chi connectivity index (χ3v) is 6.73.